The van der Waals surface area contributed by atoms with Crippen molar-refractivity contribution in [3.63, 3.8) is 0 Å². The molecule has 0 aliphatic carbocycles. The lowest BCUT2D eigenvalue weighted by atomic mass is 10.6. The fourth-order valence-corrected chi connectivity index (χ4v) is 0.252. The molecule has 5 N–H and O–H groups in total. The summed E-state index contributed by atoms with van der Waals surface area (Å²) in [7, 11) is 0. The molecule has 12 heavy (non-hydrogen) atoms. The van der Waals surface area contributed by atoms with Gasteiger partial charge in [-0.05, 0) is 6.92 Å². The van der Waals surface area contributed by atoms with E-state index in [1.54, 1.807) is 6.92 Å². The Morgan fingerprint density at radius 1 is 1.58 bits per heavy atom. The largest absolute Gasteiger partial charge is 0.475 e. The van der Waals surface area contributed by atoms with Crippen molar-refractivity contribution in [2.24, 2.45) is 16.7 Å². The molecule has 0 aromatic heterocycles. The van der Waals surface area contributed by atoms with Crippen molar-refractivity contribution < 1.29 is 9.90 Å². The van der Waals surface area contributed by atoms with Gasteiger partial charge < -0.3 is 10.8 Å². The second-order valence-corrected chi connectivity index (χ2v) is 1.55. The third kappa shape index (κ3) is 6.81. The SMILES string of the molecule is CC.CCN(N)/N=C(\N)C(=O)O. The highest BCUT2D eigenvalue weighted by Crippen LogP contribution is 1.77. The Bertz CT molecular complexity index is 158. The van der Waals surface area contributed by atoms with Crippen molar-refractivity contribution in [3.8, 4) is 0 Å². The molecular weight excluding hydrogens is 160 g/mol. The first-order chi connectivity index (χ1) is 5.57. The summed E-state index contributed by atoms with van der Waals surface area (Å²) in [5.74, 6) is 3.33. The number of aliphatic carboxylic acids is 1. The molecule has 0 unspecified atom stereocenters. The van der Waals surface area contributed by atoms with Crippen LogP contribution < -0.4 is 11.6 Å². The van der Waals surface area contributed by atoms with E-state index in [9.17, 15) is 4.79 Å². The molecule has 72 valence electrons. The van der Waals surface area contributed by atoms with Crippen LogP contribution in [0, 0.1) is 0 Å². The van der Waals surface area contributed by atoms with Gasteiger partial charge in [-0.3, -0.25) is 0 Å². The van der Waals surface area contributed by atoms with E-state index in [0.717, 1.165) is 5.12 Å². The molecule has 0 heterocycles. The zero-order valence-electron chi connectivity index (χ0n) is 7.61. The first kappa shape index (κ1) is 13.3. The summed E-state index contributed by atoms with van der Waals surface area (Å²) in [5, 5.41) is 12.4. The second kappa shape index (κ2) is 7.80. The van der Waals surface area contributed by atoms with Crippen LogP contribution in [-0.4, -0.2) is 28.6 Å². The van der Waals surface area contributed by atoms with Crippen LogP contribution in [0.2, 0.25) is 0 Å². The first-order valence-corrected chi connectivity index (χ1v) is 3.67. The van der Waals surface area contributed by atoms with E-state index >= 15 is 0 Å². The third-order valence-corrected chi connectivity index (χ3v) is 0.779. The summed E-state index contributed by atoms with van der Waals surface area (Å²) in [6.07, 6.45) is 0. The Morgan fingerprint density at radius 2 is 2.00 bits per heavy atom. The summed E-state index contributed by atoms with van der Waals surface area (Å²) in [4.78, 5) is 10.0. The van der Waals surface area contributed by atoms with E-state index in [1.165, 1.54) is 0 Å². The van der Waals surface area contributed by atoms with Crippen LogP contribution >= 0.6 is 0 Å². The topological polar surface area (TPSA) is 105 Å². The molecule has 0 atom stereocenters. The number of hydrazone groups is 1. The number of rotatable bonds is 2. The summed E-state index contributed by atoms with van der Waals surface area (Å²) < 4.78 is 0. The fourth-order valence-electron chi connectivity index (χ4n) is 0.252. The van der Waals surface area contributed by atoms with Crippen LogP contribution in [-0.2, 0) is 4.79 Å². The van der Waals surface area contributed by atoms with Gasteiger partial charge in [0, 0.05) is 0 Å². The summed E-state index contributed by atoms with van der Waals surface area (Å²) in [5.41, 5.74) is 4.92. The maximum absolute atomic E-state index is 10.0. The third-order valence-electron chi connectivity index (χ3n) is 0.779. The minimum Gasteiger partial charge on any atom is -0.475 e. The zero-order chi connectivity index (χ0) is 10.1. The van der Waals surface area contributed by atoms with Crippen molar-refractivity contribution in [3.05, 3.63) is 0 Å². The molecule has 0 aliphatic rings. The van der Waals surface area contributed by atoms with Gasteiger partial charge >= 0.3 is 5.97 Å². The molecule has 0 saturated carbocycles. The molecule has 6 nitrogen and oxygen atoms in total. The zero-order valence-corrected chi connectivity index (χ0v) is 7.61. The molecule has 0 aromatic rings. The molecule has 0 spiro atoms. The first-order valence-electron chi connectivity index (χ1n) is 3.67. The number of carboxylic acids is 1. The van der Waals surface area contributed by atoms with Gasteiger partial charge in [-0.25, -0.2) is 15.8 Å². The van der Waals surface area contributed by atoms with E-state index < -0.39 is 11.8 Å². The van der Waals surface area contributed by atoms with Crippen molar-refractivity contribution in [2.45, 2.75) is 20.8 Å². The molecule has 0 radical (unpaired) electrons. The average Bonchev–Trinajstić information content (AvgIpc) is 2.07. The van der Waals surface area contributed by atoms with E-state index in [2.05, 4.69) is 5.10 Å². The van der Waals surface area contributed by atoms with Crippen LogP contribution in [0.4, 0.5) is 0 Å². The summed E-state index contributed by atoms with van der Waals surface area (Å²) >= 11 is 0. The van der Waals surface area contributed by atoms with Gasteiger partial charge in [-0.15, -0.1) is 5.10 Å². The van der Waals surface area contributed by atoms with E-state index in [-0.39, 0.29) is 0 Å². The number of nitrogens with two attached hydrogens (primary N) is 2. The highest BCUT2D eigenvalue weighted by molar-refractivity contribution is 6.33. The molecule has 6 heteroatoms. The predicted molar refractivity (Wildman–Crippen MR) is 47.2 cm³/mol. The molecule has 0 rings (SSSR count). The highest BCUT2D eigenvalue weighted by atomic mass is 16.4. The molecule has 0 saturated heterocycles. The molecule has 0 fully saturated rings. The average molecular weight is 176 g/mol. The number of carboxylic acid groups (broad SMARTS) is 1. The summed E-state index contributed by atoms with van der Waals surface area (Å²) in [6, 6.07) is 0. The smallest absolute Gasteiger partial charge is 0.373 e. The van der Waals surface area contributed by atoms with Crippen LogP contribution in [0.15, 0.2) is 5.10 Å². The maximum atomic E-state index is 10.0. The molecule has 0 aliphatic heterocycles. The predicted octanol–water partition coefficient (Wildman–Crippen LogP) is -0.435. The second-order valence-electron chi connectivity index (χ2n) is 1.55. The van der Waals surface area contributed by atoms with Crippen molar-refractivity contribution in [1.82, 2.24) is 5.12 Å². The Kier molecular flexibility index (Phi) is 8.65. The lowest BCUT2D eigenvalue weighted by Gasteiger charge is -2.07. The van der Waals surface area contributed by atoms with Crippen LogP contribution in [0.3, 0.4) is 0 Å². The van der Waals surface area contributed by atoms with Crippen LogP contribution in [0.1, 0.15) is 20.8 Å². The minimum atomic E-state index is -1.27. The normalized spacial score (nSPS) is 9.83. The molecule has 0 amide bonds. The lowest BCUT2D eigenvalue weighted by molar-refractivity contribution is -0.129. The Balaban J connectivity index is 0. The molecule has 0 aromatic carbocycles. The maximum Gasteiger partial charge on any atom is 0.373 e. The van der Waals surface area contributed by atoms with Gasteiger partial charge in [0.15, 0.2) is 0 Å². The van der Waals surface area contributed by atoms with E-state index in [1.807, 2.05) is 13.8 Å². The van der Waals surface area contributed by atoms with Gasteiger partial charge in [0.25, 0.3) is 0 Å². The van der Waals surface area contributed by atoms with Gasteiger partial charge in [-0.1, -0.05) is 13.8 Å². The van der Waals surface area contributed by atoms with Crippen LogP contribution in [0.5, 0.6) is 0 Å². The number of hydrogen-bond donors (Lipinski definition) is 3. The number of hydrazine groups is 1. The monoisotopic (exact) mass is 176 g/mol. The van der Waals surface area contributed by atoms with E-state index in [4.69, 9.17) is 16.7 Å². The van der Waals surface area contributed by atoms with Crippen molar-refractivity contribution in [2.75, 3.05) is 6.54 Å². The van der Waals surface area contributed by atoms with Crippen molar-refractivity contribution in [1.29, 1.82) is 0 Å². The Morgan fingerprint density at radius 3 is 2.25 bits per heavy atom. The quantitative estimate of drug-likeness (QED) is 0.229. The Hall–Kier alpha value is -1.30. The molecule has 0 bridgehead atoms. The van der Waals surface area contributed by atoms with Gasteiger partial charge in [0.05, 0.1) is 6.54 Å². The Labute approximate surface area is 71.8 Å². The highest BCUT2D eigenvalue weighted by Gasteiger charge is 2.02. The van der Waals surface area contributed by atoms with E-state index in [0.29, 0.717) is 6.54 Å². The van der Waals surface area contributed by atoms with Crippen molar-refractivity contribution >= 4 is 11.8 Å². The number of amidine groups is 1. The standard InChI is InChI=1S/C4H10N4O2.C2H6/c1-2-8(6)7-3(5)4(9)10;1-2/h2,6H2,1H3,(H2,5,7)(H,9,10);1-2H3. The number of hydrogen-bond acceptors (Lipinski definition) is 4. The van der Waals surface area contributed by atoms with Gasteiger partial charge in [-0.2, -0.15) is 0 Å². The van der Waals surface area contributed by atoms with Gasteiger partial charge in [0.1, 0.15) is 0 Å². The lowest BCUT2D eigenvalue weighted by Crippen LogP contribution is -2.32. The molecular formula is C6H16N4O2. The fraction of sp³-hybridized carbons (Fsp3) is 0.667. The summed E-state index contributed by atoms with van der Waals surface area (Å²) in [6.45, 7) is 6.13. The van der Waals surface area contributed by atoms with Gasteiger partial charge in [0.2, 0.25) is 5.84 Å². The number of carbonyl (C=O) groups is 1. The van der Waals surface area contributed by atoms with Crippen LogP contribution in [0.25, 0.3) is 0 Å². The minimum absolute atomic E-state index is 0.411. The number of nitrogens with zero attached hydrogens (tertiary/aromatic N) is 2.